The predicted octanol–water partition coefficient (Wildman–Crippen LogP) is 3.23. The molecule has 0 bridgehead atoms. The summed E-state index contributed by atoms with van der Waals surface area (Å²) in [5.74, 6) is 0.651. The molecule has 0 unspecified atom stereocenters. The number of likely N-dealkylation sites (tertiary alicyclic amines) is 1. The zero-order valence-electron chi connectivity index (χ0n) is 15.9. The predicted molar refractivity (Wildman–Crippen MR) is 104 cm³/mol. The molecule has 0 aliphatic carbocycles. The number of hydrogen-bond acceptors (Lipinski definition) is 6. The fraction of sp³-hybridized carbons (Fsp3) is 0.450. The molecule has 0 amide bonds. The summed E-state index contributed by atoms with van der Waals surface area (Å²) in [7, 11) is 0. The van der Waals surface area contributed by atoms with E-state index >= 15 is 0 Å². The van der Waals surface area contributed by atoms with E-state index in [1.807, 2.05) is 24.0 Å². The Balaban J connectivity index is 1.57. The molecule has 28 heavy (non-hydrogen) atoms. The van der Waals surface area contributed by atoms with Gasteiger partial charge in [-0.25, -0.2) is 0 Å². The SMILES string of the molecule is CCN(CC(=O)O)C1CCN(Cc2ccc(-c3cccc([N+](=O)[O-])c3)o2)CC1. The minimum absolute atomic E-state index is 0.0411. The van der Waals surface area contributed by atoms with Crippen molar-refractivity contribution in [2.45, 2.75) is 32.4 Å². The first-order chi connectivity index (χ1) is 13.5. The summed E-state index contributed by atoms with van der Waals surface area (Å²) in [6.45, 7) is 5.26. The molecule has 0 saturated carbocycles. The van der Waals surface area contributed by atoms with E-state index in [4.69, 9.17) is 9.52 Å². The molecule has 1 fully saturated rings. The molecule has 1 aromatic heterocycles. The molecule has 1 aliphatic heterocycles. The van der Waals surface area contributed by atoms with Crippen LogP contribution in [0.4, 0.5) is 5.69 Å². The van der Waals surface area contributed by atoms with E-state index in [-0.39, 0.29) is 12.2 Å². The highest BCUT2D eigenvalue weighted by Gasteiger charge is 2.25. The molecule has 2 heterocycles. The number of carbonyl (C=O) groups is 1. The van der Waals surface area contributed by atoms with Crippen LogP contribution in [0.1, 0.15) is 25.5 Å². The maximum atomic E-state index is 11.0. The number of hydrogen-bond donors (Lipinski definition) is 1. The number of carboxylic acid groups (broad SMARTS) is 1. The van der Waals surface area contributed by atoms with Gasteiger partial charge >= 0.3 is 5.97 Å². The molecular formula is C20H25N3O5. The monoisotopic (exact) mass is 387 g/mol. The molecule has 1 aromatic carbocycles. The zero-order valence-corrected chi connectivity index (χ0v) is 15.9. The van der Waals surface area contributed by atoms with Crippen molar-refractivity contribution in [1.82, 2.24) is 9.80 Å². The Hall–Kier alpha value is -2.71. The van der Waals surface area contributed by atoms with E-state index in [2.05, 4.69) is 4.90 Å². The van der Waals surface area contributed by atoms with Crippen LogP contribution in [0.5, 0.6) is 0 Å². The van der Waals surface area contributed by atoms with Crippen molar-refractivity contribution in [2.75, 3.05) is 26.2 Å². The third-order valence-corrected chi connectivity index (χ3v) is 5.20. The average Bonchev–Trinajstić information content (AvgIpc) is 3.15. The number of nitrogens with zero attached hydrogens (tertiary/aromatic N) is 3. The van der Waals surface area contributed by atoms with Crippen molar-refractivity contribution in [3.63, 3.8) is 0 Å². The maximum absolute atomic E-state index is 11.0. The number of piperidine rings is 1. The molecule has 8 heteroatoms. The molecule has 1 saturated heterocycles. The van der Waals surface area contributed by atoms with Crippen LogP contribution in [-0.2, 0) is 11.3 Å². The van der Waals surface area contributed by atoms with E-state index in [1.165, 1.54) is 12.1 Å². The average molecular weight is 387 g/mol. The second-order valence-electron chi connectivity index (χ2n) is 7.04. The lowest BCUT2D eigenvalue weighted by Gasteiger charge is -2.37. The van der Waals surface area contributed by atoms with Gasteiger partial charge in [-0.1, -0.05) is 19.1 Å². The number of rotatable bonds is 8. The first-order valence-electron chi connectivity index (χ1n) is 9.48. The second kappa shape index (κ2) is 8.99. The van der Waals surface area contributed by atoms with Gasteiger partial charge in [-0.05, 0) is 31.5 Å². The Labute approximate surface area is 163 Å². The highest BCUT2D eigenvalue weighted by Crippen LogP contribution is 2.27. The lowest BCUT2D eigenvalue weighted by Crippen LogP contribution is -2.46. The lowest BCUT2D eigenvalue weighted by molar-refractivity contribution is -0.384. The maximum Gasteiger partial charge on any atom is 0.317 e. The van der Waals surface area contributed by atoms with Crippen molar-refractivity contribution >= 4 is 11.7 Å². The largest absolute Gasteiger partial charge is 0.480 e. The van der Waals surface area contributed by atoms with Gasteiger partial charge in [0, 0.05) is 36.8 Å². The molecule has 150 valence electrons. The van der Waals surface area contributed by atoms with E-state index in [9.17, 15) is 14.9 Å². The summed E-state index contributed by atoms with van der Waals surface area (Å²) in [5, 5.41) is 20.0. The Morgan fingerprint density at radius 3 is 2.71 bits per heavy atom. The number of furan rings is 1. The molecule has 0 atom stereocenters. The van der Waals surface area contributed by atoms with Crippen LogP contribution in [0.3, 0.4) is 0 Å². The quantitative estimate of drug-likeness (QED) is 0.548. The Kier molecular flexibility index (Phi) is 6.43. The minimum atomic E-state index is -0.784. The number of non-ortho nitro benzene ring substituents is 1. The van der Waals surface area contributed by atoms with Gasteiger partial charge in [-0.2, -0.15) is 0 Å². The van der Waals surface area contributed by atoms with Crippen LogP contribution in [0.2, 0.25) is 0 Å². The smallest absolute Gasteiger partial charge is 0.317 e. The van der Waals surface area contributed by atoms with Gasteiger partial charge in [0.1, 0.15) is 11.5 Å². The van der Waals surface area contributed by atoms with Crippen LogP contribution in [0.25, 0.3) is 11.3 Å². The van der Waals surface area contributed by atoms with Crippen molar-refractivity contribution in [2.24, 2.45) is 0 Å². The first kappa shape index (κ1) is 20.0. The third kappa shape index (κ3) is 4.96. The Morgan fingerprint density at radius 2 is 2.07 bits per heavy atom. The highest BCUT2D eigenvalue weighted by atomic mass is 16.6. The van der Waals surface area contributed by atoms with Gasteiger partial charge in [0.2, 0.25) is 0 Å². The van der Waals surface area contributed by atoms with E-state index in [0.717, 1.165) is 38.2 Å². The summed E-state index contributed by atoms with van der Waals surface area (Å²) in [5.41, 5.74) is 0.728. The summed E-state index contributed by atoms with van der Waals surface area (Å²) >= 11 is 0. The normalized spacial score (nSPS) is 15.8. The van der Waals surface area contributed by atoms with Gasteiger partial charge in [0.25, 0.3) is 5.69 Å². The number of benzene rings is 1. The van der Waals surface area contributed by atoms with Crippen LogP contribution in [0.15, 0.2) is 40.8 Å². The first-order valence-corrected chi connectivity index (χ1v) is 9.48. The Bertz CT molecular complexity index is 827. The molecule has 8 nitrogen and oxygen atoms in total. The van der Waals surface area contributed by atoms with Gasteiger partial charge in [-0.15, -0.1) is 0 Å². The van der Waals surface area contributed by atoms with Gasteiger partial charge < -0.3 is 9.52 Å². The molecule has 2 aromatic rings. The highest BCUT2D eigenvalue weighted by molar-refractivity contribution is 5.69. The van der Waals surface area contributed by atoms with Crippen LogP contribution in [-0.4, -0.2) is 58.0 Å². The number of nitro benzene ring substituents is 1. The van der Waals surface area contributed by atoms with Crippen LogP contribution >= 0.6 is 0 Å². The van der Waals surface area contributed by atoms with Gasteiger partial charge in [0.05, 0.1) is 18.0 Å². The van der Waals surface area contributed by atoms with Gasteiger partial charge in [0.15, 0.2) is 0 Å². The van der Waals surface area contributed by atoms with Gasteiger partial charge in [-0.3, -0.25) is 24.7 Å². The van der Waals surface area contributed by atoms with E-state index in [0.29, 0.717) is 23.9 Å². The summed E-state index contributed by atoms with van der Waals surface area (Å²) in [4.78, 5) is 25.8. The van der Waals surface area contributed by atoms with Crippen molar-refractivity contribution in [1.29, 1.82) is 0 Å². The number of nitro groups is 1. The molecular weight excluding hydrogens is 362 g/mol. The fourth-order valence-corrected chi connectivity index (χ4v) is 3.73. The van der Waals surface area contributed by atoms with Crippen molar-refractivity contribution in [3.05, 3.63) is 52.3 Å². The van der Waals surface area contributed by atoms with Crippen LogP contribution < -0.4 is 0 Å². The second-order valence-corrected chi connectivity index (χ2v) is 7.04. The molecule has 1 aliphatic rings. The van der Waals surface area contributed by atoms with E-state index < -0.39 is 10.9 Å². The van der Waals surface area contributed by atoms with E-state index in [1.54, 1.807) is 12.1 Å². The minimum Gasteiger partial charge on any atom is -0.480 e. The lowest BCUT2D eigenvalue weighted by atomic mass is 10.0. The molecule has 0 spiro atoms. The standard InChI is InChI=1S/C20H25N3O5/c1-2-22(14-20(24)25)16-8-10-21(11-9-16)13-18-6-7-19(28-18)15-4-3-5-17(12-15)23(26)27/h3-7,12,16H,2,8-11,13-14H2,1H3,(H,24,25). The topological polar surface area (TPSA) is 100 Å². The zero-order chi connectivity index (χ0) is 20.1. The third-order valence-electron chi connectivity index (χ3n) is 5.20. The summed E-state index contributed by atoms with van der Waals surface area (Å²) in [6.07, 6.45) is 1.86. The fourth-order valence-electron chi connectivity index (χ4n) is 3.73. The number of carboxylic acids is 1. The number of likely N-dealkylation sites (N-methyl/N-ethyl adjacent to an activating group) is 1. The molecule has 0 radical (unpaired) electrons. The number of aliphatic carboxylic acids is 1. The van der Waals surface area contributed by atoms with Crippen LogP contribution in [0, 0.1) is 10.1 Å². The summed E-state index contributed by atoms with van der Waals surface area (Å²) < 4.78 is 5.90. The van der Waals surface area contributed by atoms with Crippen molar-refractivity contribution in [3.8, 4) is 11.3 Å². The summed E-state index contributed by atoms with van der Waals surface area (Å²) in [6, 6.07) is 10.5. The molecule has 3 rings (SSSR count). The Morgan fingerprint density at radius 1 is 1.32 bits per heavy atom. The van der Waals surface area contributed by atoms with Crippen molar-refractivity contribution < 1.29 is 19.2 Å². The molecule has 1 N–H and O–H groups in total.